The van der Waals surface area contributed by atoms with Crippen LogP contribution < -0.4 is 5.56 Å². The summed E-state index contributed by atoms with van der Waals surface area (Å²) in [6.45, 7) is 5.47. The molecule has 1 aromatic heterocycles. The molecule has 0 spiro atoms. The van der Waals surface area contributed by atoms with Crippen LogP contribution in [0.15, 0.2) is 28.1 Å². The predicted octanol–water partition coefficient (Wildman–Crippen LogP) is 1.28. The summed E-state index contributed by atoms with van der Waals surface area (Å²) in [5.41, 5.74) is 4.15. The van der Waals surface area contributed by atoms with Gasteiger partial charge in [-0.05, 0) is 38.0 Å². The van der Waals surface area contributed by atoms with Gasteiger partial charge in [-0.2, -0.15) is 5.26 Å². The van der Waals surface area contributed by atoms with E-state index in [2.05, 4.69) is 27.0 Å². The molecule has 1 aromatic rings. The number of likely N-dealkylation sites (N-methyl/N-ethyl adjacent to an activating group) is 1. The molecule has 0 unspecified atom stereocenters. The van der Waals surface area contributed by atoms with Crippen molar-refractivity contribution in [2.75, 3.05) is 46.9 Å². The quantitative estimate of drug-likeness (QED) is 0.745. The molecule has 0 saturated heterocycles. The lowest BCUT2D eigenvalue weighted by molar-refractivity contribution is 0.158. The molecule has 0 radical (unpaired) electrons. The number of aromatic nitrogens is 2. The van der Waals surface area contributed by atoms with Gasteiger partial charge in [-0.1, -0.05) is 6.08 Å². The number of rotatable bonds is 8. The maximum Gasteiger partial charge on any atom is 0.270 e. The number of nitrogens with zero attached hydrogens (tertiary/aromatic N) is 4. The Morgan fingerprint density at radius 3 is 3.00 bits per heavy atom. The van der Waals surface area contributed by atoms with Gasteiger partial charge in [0.25, 0.3) is 5.56 Å². The summed E-state index contributed by atoms with van der Waals surface area (Å²) in [6.07, 6.45) is 6.80. The molecule has 0 amide bonds. The van der Waals surface area contributed by atoms with Crippen molar-refractivity contribution in [1.82, 2.24) is 19.6 Å². The van der Waals surface area contributed by atoms with Crippen molar-refractivity contribution < 1.29 is 4.74 Å². The van der Waals surface area contributed by atoms with E-state index in [1.54, 1.807) is 11.8 Å². The summed E-state index contributed by atoms with van der Waals surface area (Å²) >= 11 is 0. The summed E-state index contributed by atoms with van der Waals surface area (Å²) in [4.78, 5) is 17.1. The Bertz CT molecular complexity index is 811. The summed E-state index contributed by atoms with van der Waals surface area (Å²) in [5.74, 6) is 0. The zero-order valence-corrected chi connectivity index (χ0v) is 16.3. The maximum absolute atomic E-state index is 12.6. The monoisotopic (exact) mass is 371 g/mol. The van der Waals surface area contributed by atoms with Crippen molar-refractivity contribution in [3.05, 3.63) is 44.9 Å². The molecule has 3 rings (SSSR count). The molecule has 146 valence electrons. The fraction of sp³-hybridized carbons (Fsp3) is 0.600. The molecule has 0 bridgehead atoms. The van der Waals surface area contributed by atoms with Gasteiger partial charge in [0, 0.05) is 51.0 Å². The number of nitrogens with one attached hydrogen (secondary N) is 1. The van der Waals surface area contributed by atoms with Crippen LogP contribution in [0.1, 0.15) is 24.1 Å². The molecule has 7 heteroatoms. The Morgan fingerprint density at radius 1 is 1.37 bits per heavy atom. The molecule has 1 aliphatic carbocycles. The largest absolute Gasteiger partial charge is 0.383 e. The number of methoxy groups -OCH3 is 1. The second kappa shape index (κ2) is 9.18. The topological polar surface area (TPSA) is 77.3 Å². The predicted molar refractivity (Wildman–Crippen MR) is 104 cm³/mol. The number of ether oxygens (including phenoxy) is 1. The minimum absolute atomic E-state index is 0.119. The summed E-state index contributed by atoms with van der Waals surface area (Å²) in [6, 6.07) is 2.27. The Hall–Kier alpha value is -2.14. The molecular formula is C20H29N5O2. The van der Waals surface area contributed by atoms with E-state index in [9.17, 15) is 4.79 Å². The minimum Gasteiger partial charge on any atom is -0.383 e. The Kier molecular flexibility index (Phi) is 6.67. The third-order valence-corrected chi connectivity index (χ3v) is 5.31. The molecule has 1 aliphatic heterocycles. The van der Waals surface area contributed by atoms with Crippen molar-refractivity contribution in [3.63, 3.8) is 0 Å². The average molecular weight is 371 g/mol. The molecule has 0 atom stereocenters. The molecule has 0 fully saturated rings. The first-order chi connectivity index (χ1) is 13.1. The van der Waals surface area contributed by atoms with E-state index in [0.29, 0.717) is 13.2 Å². The maximum atomic E-state index is 12.6. The summed E-state index contributed by atoms with van der Waals surface area (Å²) in [7, 11) is 3.74. The van der Waals surface area contributed by atoms with Gasteiger partial charge < -0.3 is 9.64 Å². The van der Waals surface area contributed by atoms with Crippen LogP contribution in [0.3, 0.4) is 0 Å². The van der Waals surface area contributed by atoms with E-state index >= 15 is 0 Å². The standard InChI is InChI=1S/C20H29N5O2/c1-23(10-11-27-2)8-9-25-20(26)18-6-7-24(15-19(18)22-25)14-17-5-3-4-16(12-17)13-21/h5,12,22H,3-4,6-11,14-15H2,1-2H3. The number of hydrogen-bond acceptors (Lipinski definition) is 5. The van der Waals surface area contributed by atoms with Gasteiger partial charge in [-0.15, -0.1) is 0 Å². The zero-order chi connectivity index (χ0) is 19.2. The van der Waals surface area contributed by atoms with Crippen LogP contribution in [0, 0.1) is 11.3 Å². The highest BCUT2D eigenvalue weighted by atomic mass is 16.5. The lowest BCUT2D eigenvalue weighted by Crippen LogP contribution is -2.34. The summed E-state index contributed by atoms with van der Waals surface area (Å²) < 4.78 is 6.83. The van der Waals surface area contributed by atoms with Crippen LogP contribution in [0.25, 0.3) is 0 Å². The third kappa shape index (κ3) is 4.98. The van der Waals surface area contributed by atoms with Gasteiger partial charge in [0.1, 0.15) is 0 Å². The van der Waals surface area contributed by atoms with Gasteiger partial charge in [0.05, 0.1) is 24.9 Å². The number of hydrogen-bond donors (Lipinski definition) is 1. The third-order valence-electron chi connectivity index (χ3n) is 5.31. The Balaban J connectivity index is 1.60. The highest BCUT2D eigenvalue weighted by molar-refractivity contribution is 5.36. The molecular weight excluding hydrogens is 342 g/mol. The first-order valence-electron chi connectivity index (χ1n) is 9.60. The van der Waals surface area contributed by atoms with E-state index in [4.69, 9.17) is 10.00 Å². The normalized spacial score (nSPS) is 17.4. The van der Waals surface area contributed by atoms with E-state index in [0.717, 1.165) is 68.8 Å². The van der Waals surface area contributed by atoms with E-state index in [1.807, 2.05) is 13.1 Å². The van der Waals surface area contributed by atoms with Crippen molar-refractivity contribution in [3.8, 4) is 6.07 Å². The molecule has 0 saturated carbocycles. The highest BCUT2D eigenvalue weighted by Crippen LogP contribution is 2.20. The Morgan fingerprint density at radius 2 is 2.22 bits per heavy atom. The molecule has 2 heterocycles. The molecule has 2 aliphatic rings. The lowest BCUT2D eigenvalue weighted by atomic mass is 9.99. The SMILES string of the molecule is COCCN(C)CCn1[nH]c2c(c1=O)CCN(CC1=CCCC(C#N)=C1)C2. The van der Waals surface area contributed by atoms with Crippen LogP contribution >= 0.6 is 0 Å². The van der Waals surface area contributed by atoms with Crippen molar-refractivity contribution in [1.29, 1.82) is 5.26 Å². The number of aromatic amines is 1. The number of allylic oxidation sites excluding steroid dienone is 2. The Labute approximate surface area is 160 Å². The zero-order valence-electron chi connectivity index (χ0n) is 16.3. The summed E-state index contributed by atoms with van der Waals surface area (Å²) in [5, 5.41) is 12.4. The van der Waals surface area contributed by atoms with E-state index in [1.165, 1.54) is 5.57 Å². The average Bonchev–Trinajstić information content (AvgIpc) is 3.00. The van der Waals surface area contributed by atoms with Crippen LogP contribution in [0.4, 0.5) is 0 Å². The molecule has 27 heavy (non-hydrogen) atoms. The second-order valence-corrected chi connectivity index (χ2v) is 7.38. The fourth-order valence-corrected chi connectivity index (χ4v) is 3.68. The van der Waals surface area contributed by atoms with Gasteiger partial charge in [0.2, 0.25) is 0 Å². The number of nitriles is 1. The van der Waals surface area contributed by atoms with Gasteiger partial charge >= 0.3 is 0 Å². The first-order valence-corrected chi connectivity index (χ1v) is 9.60. The van der Waals surface area contributed by atoms with Crippen LogP contribution in [-0.2, 0) is 24.2 Å². The second-order valence-electron chi connectivity index (χ2n) is 7.38. The molecule has 7 nitrogen and oxygen atoms in total. The number of H-pyrrole nitrogens is 1. The molecule has 1 N–H and O–H groups in total. The number of fused-ring (bicyclic) bond motifs is 1. The van der Waals surface area contributed by atoms with E-state index in [-0.39, 0.29) is 5.56 Å². The van der Waals surface area contributed by atoms with Crippen molar-refractivity contribution >= 4 is 0 Å². The van der Waals surface area contributed by atoms with Crippen LogP contribution in [0.5, 0.6) is 0 Å². The van der Waals surface area contributed by atoms with E-state index < -0.39 is 0 Å². The van der Waals surface area contributed by atoms with Gasteiger partial charge in [-0.25, -0.2) is 0 Å². The smallest absolute Gasteiger partial charge is 0.270 e. The first kappa shape index (κ1) is 19.6. The highest BCUT2D eigenvalue weighted by Gasteiger charge is 2.23. The minimum atomic E-state index is 0.119. The molecule has 0 aromatic carbocycles. The van der Waals surface area contributed by atoms with Gasteiger partial charge in [-0.3, -0.25) is 19.5 Å². The van der Waals surface area contributed by atoms with Crippen molar-refractivity contribution in [2.45, 2.75) is 32.4 Å². The van der Waals surface area contributed by atoms with Crippen LogP contribution in [0.2, 0.25) is 0 Å². The fourth-order valence-electron chi connectivity index (χ4n) is 3.68. The van der Waals surface area contributed by atoms with Crippen LogP contribution in [-0.4, -0.2) is 66.5 Å². The van der Waals surface area contributed by atoms with Crippen molar-refractivity contribution in [2.24, 2.45) is 0 Å². The van der Waals surface area contributed by atoms with Gasteiger partial charge in [0.15, 0.2) is 0 Å². The lowest BCUT2D eigenvalue weighted by Gasteiger charge is -2.27.